The lowest BCUT2D eigenvalue weighted by Crippen LogP contribution is -2.41. The Labute approximate surface area is 137 Å². The predicted molar refractivity (Wildman–Crippen MR) is 93.4 cm³/mol. The molecule has 2 saturated heterocycles. The van der Waals surface area contributed by atoms with E-state index in [1.54, 1.807) is 0 Å². The number of likely N-dealkylation sites (tertiary alicyclic amines) is 1. The second kappa shape index (κ2) is 6.51. The van der Waals surface area contributed by atoms with Crippen LogP contribution in [0.4, 0.5) is 5.69 Å². The molecule has 2 aliphatic heterocycles. The van der Waals surface area contributed by atoms with Crippen molar-refractivity contribution in [3.8, 4) is 0 Å². The molecule has 2 N–H and O–H groups in total. The maximum Gasteiger partial charge on any atom is 0.107 e. The van der Waals surface area contributed by atoms with Gasteiger partial charge in [-0.3, -0.25) is 4.90 Å². The molecule has 3 rings (SSSR count). The summed E-state index contributed by atoms with van der Waals surface area (Å²) in [4.78, 5) is 5.42. The summed E-state index contributed by atoms with van der Waals surface area (Å²) in [5, 5.41) is 0.654. The molecular weight excluding hydrogens is 302 g/mol. The molecule has 0 radical (unpaired) electrons. The third kappa shape index (κ3) is 3.17. The first-order valence-electron chi connectivity index (χ1n) is 7.74. The number of benzene rings is 1. The highest BCUT2D eigenvalue weighted by Crippen LogP contribution is 2.31. The van der Waals surface area contributed by atoms with E-state index in [2.05, 4.69) is 15.9 Å². The van der Waals surface area contributed by atoms with Crippen LogP contribution in [0.5, 0.6) is 0 Å². The standard InChI is InChI=1S/C16H22ClN3S/c17-13-5-4-6-14(15(13)16(18)21)20-10-7-12(11-20)19-8-2-1-3-9-19/h4-6,12H,1-3,7-11H2,(H2,18,21). The smallest absolute Gasteiger partial charge is 0.107 e. The number of rotatable bonds is 3. The average Bonchev–Trinajstić information content (AvgIpc) is 2.97. The number of piperidine rings is 1. The monoisotopic (exact) mass is 323 g/mol. The molecule has 2 heterocycles. The van der Waals surface area contributed by atoms with Crippen molar-refractivity contribution in [1.29, 1.82) is 0 Å². The highest BCUT2D eigenvalue weighted by Gasteiger charge is 2.30. The topological polar surface area (TPSA) is 32.5 Å². The van der Waals surface area contributed by atoms with Crippen molar-refractivity contribution in [2.24, 2.45) is 5.73 Å². The number of hydrogen-bond donors (Lipinski definition) is 1. The van der Waals surface area contributed by atoms with Gasteiger partial charge in [-0.1, -0.05) is 36.3 Å². The van der Waals surface area contributed by atoms with Crippen LogP contribution in [-0.4, -0.2) is 42.1 Å². The number of hydrogen-bond acceptors (Lipinski definition) is 3. The van der Waals surface area contributed by atoms with Crippen molar-refractivity contribution in [1.82, 2.24) is 4.90 Å². The second-order valence-electron chi connectivity index (χ2n) is 5.98. The minimum Gasteiger partial charge on any atom is -0.389 e. The van der Waals surface area contributed by atoms with Gasteiger partial charge in [-0.05, 0) is 44.5 Å². The van der Waals surface area contributed by atoms with Gasteiger partial charge in [-0.2, -0.15) is 0 Å². The number of anilines is 1. The Morgan fingerprint density at radius 3 is 2.67 bits per heavy atom. The molecule has 21 heavy (non-hydrogen) atoms. The molecule has 114 valence electrons. The van der Waals surface area contributed by atoms with Gasteiger partial charge >= 0.3 is 0 Å². The van der Waals surface area contributed by atoms with Crippen LogP contribution in [0, 0.1) is 0 Å². The summed E-state index contributed by atoms with van der Waals surface area (Å²) in [6, 6.07) is 6.58. The minimum atomic E-state index is 0.386. The third-order valence-corrected chi connectivity index (χ3v) is 5.17. The molecule has 2 aliphatic rings. The van der Waals surface area contributed by atoms with Crippen molar-refractivity contribution in [2.45, 2.75) is 31.7 Å². The Balaban J connectivity index is 1.77. The molecule has 2 fully saturated rings. The zero-order chi connectivity index (χ0) is 14.8. The molecule has 1 aromatic carbocycles. The number of nitrogens with zero attached hydrogens (tertiary/aromatic N) is 2. The molecule has 0 aromatic heterocycles. The third-order valence-electron chi connectivity index (χ3n) is 4.65. The zero-order valence-corrected chi connectivity index (χ0v) is 13.8. The van der Waals surface area contributed by atoms with Gasteiger partial charge in [0.15, 0.2) is 0 Å². The van der Waals surface area contributed by atoms with Gasteiger partial charge in [0.25, 0.3) is 0 Å². The van der Waals surface area contributed by atoms with Gasteiger partial charge in [0.2, 0.25) is 0 Å². The van der Waals surface area contributed by atoms with Crippen LogP contribution in [0.3, 0.4) is 0 Å². The normalized spacial score (nSPS) is 23.5. The number of nitrogens with two attached hydrogens (primary N) is 1. The van der Waals surface area contributed by atoms with Crippen LogP contribution in [0.25, 0.3) is 0 Å². The second-order valence-corrected chi connectivity index (χ2v) is 6.83. The fourth-order valence-electron chi connectivity index (χ4n) is 3.56. The van der Waals surface area contributed by atoms with E-state index in [0.29, 0.717) is 16.1 Å². The molecule has 5 heteroatoms. The zero-order valence-electron chi connectivity index (χ0n) is 12.2. The summed E-state index contributed by atoms with van der Waals surface area (Å²) in [5.74, 6) is 0. The summed E-state index contributed by atoms with van der Waals surface area (Å²) in [5.41, 5.74) is 7.79. The summed E-state index contributed by atoms with van der Waals surface area (Å²) in [6.45, 7) is 4.60. The van der Waals surface area contributed by atoms with Crippen LogP contribution in [0.2, 0.25) is 5.02 Å². The summed E-state index contributed by atoms with van der Waals surface area (Å²) in [6.07, 6.45) is 5.27. The Morgan fingerprint density at radius 1 is 1.19 bits per heavy atom. The van der Waals surface area contributed by atoms with E-state index in [1.165, 1.54) is 38.8 Å². The highest BCUT2D eigenvalue weighted by atomic mass is 35.5. The molecule has 0 spiro atoms. The van der Waals surface area contributed by atoms with E-state index in [9.17, 15) is 0 Å². The number of thiocarbonyl (C=S) groups is 1. The van der Waals surface area contributed by atoms with Crippen LogP contribution in [0.15, 0.2) is 18.2 Å². The van der Waals surface area contributed by atoms with E-state index in [4.69, 9.17) is 29.6 Å². The van der Waals surface area contributed by atoms with Gasteiger partial charge < -0.3 is 10.6 Å². The van der Waals surface area contributed by atoms with Gasteiger partial charge in [-0.15, -0.1) is 0 Å². The fraction of sp³-hybridized carbons (Fsp3) is 0.562. The van der Waals surface area contributed by atoms with E-state index < -0.39 is 0 Å². The van der Waals surface area contributed by atoms with Crippen LogP contribution >= 0.6 is 23.8 Å². The first kappa shape index (κ1) is 15.1. The minimum absolute atomic E-state index is 0.386. The van der Waals surface area contributed by atoms with Crippen molar-refractivity contribution >= 4 is 34.5 Å². The van der Waals surface area contributed by atoms with Crippen molar-refractivity contribution in [2.75, 3.05) is 31.1 Å². The molecule has 0 amide bonds. The van der Waals surface area contributed by atoms with E-state index >= 15 is 0 Å². The van der Waals surface area contributed by atoms with Gasteiger partial charge in [0.1, 0.15) is 4.99 Å². The van der Waals surface area contributed by atoms with Crippen LogP contribution in [0.1, 0.15) is 31.2 Å². The van der Waals surface area contributed by atoms with Gasteiger partial charge in [0, 0.05) is 24.8 Å². The maximum absolute atomic E-state index is 6.28. The Hall–Kier alpha value is -0.840. The summed E-state index contributed by atoms with van der Waals surface area (Å²) in [7, 11) is 0. The van der Waals surface area contributed by atoms with Crippen molar-refractivity contribution < 1.29 is 0 Å². The maximum atomic E-state index is 6.28. The SMILES string of the molecule is NC(=S)c1c(Cl)cccc1N1CCC(N2CCCCC2)C1. The van der Waals surface area contributed by atoms with Crippen molar-refractivity contribution in [3.05, 3.63) is 28.8 Å². The first-order chi connectivity index (χ1) is 10.2. The van der Waals surface area contributed by atoms with Crippen LogP contribution < -0.4 is 10.6 Å². The van der Waals surface area contributed by atoms with Crippen molar-refractivity contribution in [3.63, 3.8) is 0 Å². The molecule has 3 nitrogen and oxygen atoms in total. The first-order valence-corrected chi connectivity index (χ1v) is 8.53. The van der Waals surface area contributed by atoms with E-state index in [1.807, 2.05) is 12.1 Å². The quantitative estimate of drug-likeness (QED) is 0.867. The van der Waals surface area contributed by atoms with Gasteiger partial charge in [-0.25, -0.2) is 0 Å². The fourth-order valence-corrected chi connectivity index (χ4v) is 4.10. The van der Waals surface area contributed by atoms with E-state index in [-0.39, 0.29) is 0 Å². The lowest BCUT2D eigenvalue weighted by Gasteiger charge is -2.32. The van der Waals surface area contributed by atoms with Gasteiger partial charge in [0.05, 0.1) is 10.6 Å². The Bertz CT molecular complexity index is 528. The molecule has 1 aromatic rings. The highest BCUT2D eigenvalue weighted by molar-refractivity contribution is 7.80. The molecule has 1 unspecified atom stereocenters. The Morgan fingerprint density at radius 2 is 1.95 bits per heavy atom. The molecule has 0 bridgehead atoms. The summed E-state index contributed by atoms with van der Waals surface area (Å²) >= 11 is 11.5. The molecule has 1 atom stereocenters. The largest absolute Gasteiger partial charge is 0.389 e. The molecular formula is C16H22ClN3S. The molecule has 0 saturated carbocycles. The van der Waals surface area contributed by atoms with Crippen LogP contribution in [-0.2, 0) is 0 Å². The lowest BCUT2D eigenvalue weighted by atomic mass is 10.1. The molecule has 0 aliphatic carbocycles. The Kier molecular flexibility index (Phi) is 4.67. The van der Waals surface area contributed by atoms with E-state index in [0.717, 1.165) is 24.3 Å². The average molecular weight is 324 g/mol. The lowest BCUT2D eigenvalue weighted by molar-refractivity contribution is 0.175. The summed E-state index contributed by atoms with van der Waals surface area (Å²) < 4.78 is 0. The predicted octanol–water partition coefficient (Wildman–Crippen LogP) is 3.04. The number of halogens is 1.